The van der Waals surface area contributed by atoms with E-state index in [1.165, 1.54) is 0 Å². The molecule has 4 heteroatoms. The van der Waals surface area contributed by atoms with Gasteiger partial charge < -0.3 is 11.1 Å². The van der Waals surface area contributed by atoms with Crippen LogP contribution in [0.4, 0.5) is 0 Å². The Morgan fingerprint density at radius 1 is 1.31 bits per heavy atom. The van der Waals surface area contributed by atoms with Gasteiger partial charge in [0.05, 0.1) is 11.4 Å². The molecule has 1 aliphatic rings. The lowest BCUT2D eigenvalue weighted by atomic mass is 9.90. The van der Waals surface area contributed by atoms with Crippen LogP contribution < -0.4 is 5.73 Å². The van der Waals surface area contributed by atoms with E-state index in [1.54, 1.807) is 0 Å². The number of halogens is 1. The summed E-state index contributed by atoms with van der Waals surface area (Å²) < 4.78 is 0.774. The third-order valence-electron chi connectivity index (χ3n) is 2.78. The maximum atomic E-state index is 7.90. The number of aromatic nitrogens is 1. The van der Waals surface area contributed by atoms with Gasteiger partial charge in [-0.25, -0.2) is 4.98 Å². The van der Waals surface area contributed by atoms with Gasteiger partial charge in [-0.05, 0) is 59.3 Å². The molecule has 2 rings (SSSR count). The Labute approximate surface area is 103 Å². The quantitative estimate of drug-likeness (QED) is 0.776. The summed E-state index contributed by atoms with van der Waals surface area (Å²) in [6, 6.07) is 5.66. The number of rotatable bonds is 1. The fourth-order valence-electron chi connectivity index (χ4n) is 1.92. The van der Waals surface area contributed by atoms with Crippen LogP contribution in [-0.4, -0.2) is 10.7 Å². The highest BCUT2D eigenvalue weighted by Gasteiger charge is 2.16. The third-order valence-corrected chi connectivity index (χ3v) is 3.23. The fraction of sp³-hybridized carbons (Fsp3) is 0.333. The number of pyridine rings is 1. The van der Waals surface area contributed by atoms with Crippen LogP contribution >= 0.6 is 15.9 Å². The summed E-state index contributed by atoms with van der Waals surface area (Å²) in [6.45, 7) is 0. The van der Waals surface area contributed by atoms with Crippen molar-refractivity contribution in [2.45, 2.75) is 25.7 Å². The first-order chi connectivity index (χ1) is 7.68. The molecule has 1 aromatic rings. The van der Waals surface area contributed by atoms with Crippen molar-refractivity contribution in [3.63, 3.8) is 0 Å². The fourth-order valence-corrected chi connectivity index (χ4v) is 2.26. The van der Waals surface area contributed by atoms with Crippen LogP contribution in [0.1, 0.15) is 31.4 Å². The Hall–Kier alpha value is -1.16. The van der Waals surface area contributed by atoms with E-state index in [1.807, 2.05) is 18.2 Å². The van der Waals surface area contributed by atoms with E-state index >= 15 is 0 Å². The molecule has 1 aliphatic carbocycles. The molecule has 1 heterocycles. The highest BCUT2D eigenvalue weighted by atomic mass is 79.9. The zero-order valence-electron chi connectivity index (χ0n) is 8.96. The first-order valence-corrected chi connectivity index (χ1v) is 6.17. The molecule has 3 N–H and O–H groups in total. The van der Waals surface area contributed by atoms with E-state index in [0.29, 0.717) is 11.4 Å². The molecule has 1 aromatic heterocycles. The summed E-state index contributed by atoms with van der Waals surface area (Å²) in [5.74, 6) is 0. The highest BCUT2D eigenvalue weighted by molar-refractivity contribution is 9.10. The van der Waals surface area contributed by atoms with E-state index in [0.717, 1.165) is 41.6 Å². The Morgan fingerprint density at radius 3 is 2.75 bits per heavy atom. The van der Waals surface area contributed by atoms with Gasteiger partial charge in [0.2, 0.25) is 0 Å². The molecule has 0 spiro atoms. The van der Waals surface area contributed by atoms with Crippen LogP contribution in [0.15, 0.2) is 28.4 Å². The molecule has 84 valence electrons. The Morgan fingerprint density at radius 2 is 2.06 bits per heavy atom. The molecule has 1 saturated carbocycles. The largest absolute Gasteiger partial charge is 0.397 e. The predicted octanol–water partition coefficient (Wildman–Crippen LogP) is 3.11. The maximum absolute atomic E-state index is 7.90. The smallest absolute Gasteiger partial charge is 0.106 e. The van der Waals surface area contributed by atoms with E-state index in [4.69, 9.17) is 11.1 Å². The molecule has 0 unspecified atom stereocenters. The molecule has 0 aliphatic heterocycles. The topological polar surface area (TPSA) is 62.8 Å². The third kappa shape index (κ3) is 2.32. The van der Waals surface area contributed by atoms with E-state index in [-0.39, 0.29) is 0 Å². The number of nitrogens with zero attached hydrogens (tertiary/aromatic N) is 1. The van der Waals surface area contributed by atoms with Gasteiger partial charge in [0, 0.05) is 5.71 Å². The summed E-state index contributed by atoms with van der Waals surface area (Å²) in [5.41, 5.74) is 9.14. The molecule has 0 radical (unpaired) electrons. The molecular weight excluding hydrogens is 266 g/mol. The van der Waals surface area contributed by atoms with Crippen LogP contribution in [0.25, 0.3) is 5.70 Å². The normalized spacial score (nSPS) is 19.7. The molecule has 0 bridgehead atoms. The summed E-state index contributed by atoms with van der Waals surface area (Å²) in [6.07, 6.45) is 3.96. The number of hydrogen-bond acceptors (Lipinski definition) is 3. The van der Waals surface area contributed by atoms with Crippen LogP contribution in [-0.2, 0) is 0 Å². The maximum Gasteiger partial charge on any atom is 0.106 e. The molecule has 1 fully saturated rings. The minimum Gasteiger partial charge on any atom is -0.397 e. The second kappa shape index (κ2) is 4.78. The monoisotopic (exact) mass is 279 g/mol. The second-order valence-electron chi connectivity index (χ2n) is 3.92. The zero-order chi connectivity index (χ0) is 11.5. The standard InChI is InChI=1S/C12H14BrN3/c13-11-7-3-6-10(16-11)12(15)8-4-1-2-5-9(8)14/h3,6-7,14H,1-2,4-5,15H2/b12-8-,14-9?. The molecule has 0 saturated heterocycles. The summed E-state index contributed by atoms with van der Waals surface area (Å²) >= 11 is 3.33. The molecule has 0 amide bonds. The van der Waals surface area contributed by atoms with E-state index in [2.05, 4.69) is 20.9 Å². The van der Waals surface area contributed by atoms with Crippen molar-refractivity contribution in [2.24, 2.45) is 5.73 Å². The number of nitrogens with one attached hydrogen (secondary N) is 1. The minimum absolute atomic E-state index is 0.658. The van der Waals surface area contributed by atoms with Gasteiger partial charge in [0.1, 0.15) is 4.60 Å². The summed E-state index contributed by atoms with van der Waals surface area (Å²) in [7, 11) is 0. The van der Waals surface area contributed by atoms with Crippen molar-refractivity contribution < 1.29 is 0 Å². The van der Waals surface area contributed by atoms with Crippen molar-refractivity contribution in [2.75, 3.05) is 0 Å². The van der Waals surface area contributed by atoms with Crippen molar-refractivity contribution in [1.29, 1.82) is 5.41 Å². The summed E-state index contributed by atoms with van der Waals surface area (Å²) in [5, 5.41) is 7.90. The zero-order valence-corrected chi connectivity index (χ0v) is 10.5. The number of hydrogen-bond donors (Lipinski definition) is 2. The average Bonchev–Trinajstić information content (AvgIpc) is 2.29. The van der Waals surface area contributed by atoms with Gasteiger partial charge in [-0.2, -0.15) is 0 Å². The average molecular weight is 280 g/mol. The van der Waals surface area contributed by atoms with Crippen LogP contribution in [0.2, 0.25) is 0 Å². The molecular formula is C12H14BrN3. The van der Waals surface area contributed by atoms with Crippen molar-refractivity contribution in [3.05, 3.63) is 34.1 Å². The Balaban J connectivity index is 2.39. The number of allylic oxidation sites excluding steroid dienone is 1. The van der Waals surface area contributed by atoms with Crippen molar-refractivity contribution in [3.8, 4) is 0 Å². The number of nitrogens with two attached hydrogens (primary N) is 1. The van der Waals surface area contributed by atoms with Crippen LogP contribution in [0.3, 0.4) is 0 Å². The second-order valence-corrected chi connectivity index (χ2v) is 4.74. The Bertz CT molecular complexity index is 451. The van der Waals surface area contributed by atoms with Crippen molar-refractivity contribution >= 4 is 27.3 Å². The highest BCUT2D eigenvalue weighted by Crippen LogP contribution is 2.25. The van der Waals surface area contributed by atoms with Gasteiger partial charge in [-0.15, -0.1) is 0 Å². The van der Waals surface area contributed by atoms with Gasteiger partial charge in [-0.1, -0.05) is 6.07 Å². The van der Waals surface area contributed by atoms with Gasteiger partial charge in [0.15, 0.2) is 0 Å². The van der Waals surface area contributed by atoms with Gasteiger partial charge >= 0.3 is 0 Å². The van der Waals surface area contributed by atoms with Crippen molar-refractivity contribution in [1.82, 2.24) is 4.98 Å². The lowest BCUT2D eigenvalue weighted by Crippen LogP contribution is -2.14. The van der Waals surface area contributed by atoms with E-state index < -0.39 is 0 Å². The SMILES string of the molecule is N=C1CCCC/C1=C(/N)c1cccc(Br)n1. The first-order valence-electron chi connectivity index (χ1n) is 5.38. The molecule has 16 heavy (non-hydrogen) atoms. The molecule has 3 nitrogen and oxygen atoms in total. The molecule has 0 aromatic carbocycles. The lowest BCUT2D eigenvalue weighted by molar-refractivity contribution is 0.730. The molecule has 0 atom stereocenters. The summed E-state index contributed by atoms with van der Waals surface area (Å²) in [4.78, 5) is 4.32. The minimum atomic E-state index is 0.658. The van der Waals surface area contributed by atoms with Gasteiger partial charge in [-0.3, -0.25) is 0 Å². The van der Waals surface area contributed by atoms with Gasteiger partial charge in [0.25, 0.3) is 0 Å². The Kier molecular flexibility index (Phi) is 3.39. The van der Waals surface area contributed by atoms with Crippen LogP contribution in [0, 0.1) is 5.41 Å². The first kappa shape index (κ1) is 11.3. The van der Waals surface area contributed by atoms with E-state index in [9.17, 15) is 0 Å². The van der Waals surface area contributed by atoms with Crippen LogP contribution in [0.5, 0.6) is 0 Å². The predicted molar refractivity (Wildman–Crippen MR) is 69.2 cm³/mol. The lowest BCUT2D eigenvalue weighted by Gasteiger charge is -2.17.